The number of anilines is 2. The van der Waals surface area contributed by atoms with Crippen LogP contribution in [0.5, 0.6) is 0 Å². The number of hydrogen-bond donors (Lipinski definition) is 3. The van der Waals surface area contributed by atoms with E-state index < -0.39 is 12.0 Å². The minimum atomic E-state index is -4.59. The molecule has 1 aliphatic rings. The van der Waals surface area contributed by atoms with Gasteiger partial charge in [0.15, 0.2) is 0 Å². The second-order valence-electron chi connectivity index (χ2n) is 4.72. The highest BCUT2D eigenvalue weighted by Crippen LogP contribution is 2.38. The molecule has 0 unspecified atom stereocenters. The predicted octanol–water partition coefficient (Wildman–Crippen LogP) is 2.53. The summed E-state index contributed by atoms with van der Waals surface area (Å²) < 4.78 is 38.0. The van der Waals surface area contributed by atoms with Crippen LogP contribution in [0.25, 0.3) is 0 Å². The Balaban J connectivity index is 2.29. The van der Waals surface area contributed by atoms with Crippen LogP contribution in [0.4, 0.5) is 24.8 Å². The fourth-order valence-corrected chi connectivity index (χ4v) is 2.15. The highest BCUT2D eigenvalue weighted by atomic mass is 19.4. The molecule has 1 aromatic rings. The molecule has 0 aliphatic heterocycles. The van der Waals surface area contributed by atoms with Crippen molar-refractivity contribution in [2.75, 3.05) is 10.7 Å². The van der Waals surface area contributed by atoms with Gasteiger partial charge in [0.2, 0.25) is 5.82 Å². The molecular formula is C11H16F3N5. The molecule has 5 nitrogen and oxygen atoms in total. The van der Waals surface area contributed by atoms with Crippen LogP contribution in [0.15, 0.2) is 6.07 Å². The molecule has 1 saturated carbocycles. The summed E-state index contributed by atoms with van der Waals surface area (Å²) in [6.45, 7) is 2.00. The average Bonchev–Trinajstić information content (AvgIpc) is 2.32. The Kier molecular flexibility index (Phi) is 3.53. The summed E-state index contributed by atoms with van der Waals surface area (Å²) in [5.74, 6) is 4.03. The minimum absolute atomic E-state index is 0.0598. The molecule has 0 bridgehead atoms. The van der Waals surface area contributed by atoms with Crippen molar-refractivity contribution in [3.05, 3.63) is 11.9 Å². The Bertz CT molecular complexity index is 451. The summed E-state index contributed by atoms with van der Waals surface area (Å²) in [6, 6.07) is 1.38. The van der Waals surface area contributed by atoms with Crippen molar-refractivity contribution in [2.24, 2.45) is 5.84 Å². The molecule has 0 atom stereocenters. The van der Waals surface area contributed by atoms with Gasteiger partial charge in [0.1, 0.15) is 11.6 Å². The molecular weight excluding hydrogens is 259 g/mol. The fraction of sp³-hybridized carbons (Fsp3) is 0.636. The van der Waals surface area contributed by atoms with Gasteiger partial charge in [0.25, 0.3) is 0 Å². The van der Waals surface area contributed by atoms with Crippen LogP contribution in [-0.4, -0.2) is 15.5 Å². The van der Waals surface area contributed by atoms with Crippen molar-refractivity contribution < 1.29 is 13.2 Å². The monoisotopic (exact) mass is 275 g/mol. The largest absolute Gasteiger partial charge is 0.451 e. The topological polar surface area (TPSA) is 75.9 Å². The molecule has 0 saturated heterocycles. The SMILES string of the molecule is CCC1(Nc2cc(NN)nc(C(F)(F)F)n2)CCC1. The molecule has 4 N–H and O–H groups in total. The van der Waals surface area contributed by atoms with E-state index in [1.807, 2.05) is 6.92 Å². The molecule has 0 aromatic carbocycles. The van der Waals surface area contributed by atoms with Crippen LogP contribution in [-0.2, 0) is 6.18 Å². The third-order valence-corrected chi connectivity index (χ3v) is 3.51. The molecule has 1 fully saturated rings. The zero-order chi connectivity index (χ0) is 14.1. The van der Waals surface area contributed by atoms with E-state index in [9.17, 15) is 13.2 Å². The zero-order valence-corrected chi connectivity index (χ0v) is 10.5. The summed E-state index contributed by atoms with van der Waals surface area (Å²) in [6.07, 6.45) is -0.827. The first-order chi connectivity index (χ1) is 8.88. The number of hydrogen-bond acceptors (Lipinski definition) is 5. The van der Waals surface area contributed by atoms with E-state index in [-0.39, 0.29) is 17.2 Å². The number of alkyl halides is 3. The molecule has 19 heavy (non-hydrogen) atoms. The van der Waals surface area contributed by atoms with Crippen molar-refractivity contribution in [1.82, 2.24) is 9.97 Å². The maximum Gasteiger partial charge on any atom is 0.451 e. The Morgan fingerprint density at radius 3 is 2.37 bits per heavy atom. The summed E-state index contributed by atoms with van der Waals surface area (Å²) in [5.41, 5.74) is 1.98. The van der Waals surface area contributed by atoms with E-state index in [0.717, 1.165) is 25.7 Å². The van der Waals surface area contributed by atoms with E-state index >= 15 is 0 Å². The van der Waals surface area contributed by atoms with Gasteiger partial charge in [-0.15, -0.1) is 0 Å². The number of nitrogens with two attached hydrogens (primary N) is 1. The van der Waals surface area contributed by atoms with E-state index in [1.165, 1.54) is 6.07 Å². The van der Waals surface area contributed by atoms with Crippen LogP contribution < -0.4 is 16.6 Å². The predicted molar refractivity (Wildman–Crippen MR) is 65.3 cm³/mol. The Labute approximate surface area is 108 Å². The van der Waals surface area contributed by atoms with E-state index in [2.05, 4.69) is 20.7 Å². The molecule has 0 radical (unpaired) electrons. The Morgan fingerprint density at radius 2 is 1.95 bits per heavy atom. The molecule has 8 heteroatoms. The molecule has 1 heterocycles. The van der Waals surface area contributed by atoms with E-state index in [1.54, 1.807) is 0 Å². The first kappa shape index (κ1) is 13.9. The van der Waals surface area contributed by atoms with Crippen molar-refractivity contribution in [2.45, 2.75) is 44.3 Å². The normalized spacial score (nSPS) is 17.7. The summed E-state index contributed by atoms with van der Waals surface area (Å²) >= 11 is 0. The third kappa shape index (κ3) is 2.89. The smallest absolute Gasteiger partial charge is 0.364 e. The van der Waals surface area contributed by atoms with Crippen molar-refractivity contribution >= 4 is 11.6 Å². The van der Waals surface area contributed by atoms with Gasteiger partial charge in [-0.3, -0.25) is 0 Å². The van der Waals surface area contributed by atoms with Crippen LogP contribution >= 0.6 is 0 Å². The van der Waals surface area contributed by atoms with Gasteiger partial charge in [-0.2, -0.15) is 13.2 Å². The van der Waals surface area contributed by atoms with Crippen LogP contribution in [0, 0.1) is 0 Å². The molecule has 2 rings (SSSR count). The van der Waals surface area contributed by atoms with E-state index in [0.29, 0.717) is 0 Å². The lowest BCUT2D eigenvalue weighted by Crippen LogP contribution is -2.44. The van der Waals surface area contributed by atoms with E-state index in [4.69, 9.17) is 5.84 Å². The van der Waals surface area contributed by atoms with Crippen LogP contribution in [0.3, 0.4) is 0 Å². The fourth-order valence-electron chi connectivity index (χ4n) is 2.15. The number of rotatable bonds is 4. The second-order valence-corrected chi connectivity index (χ2v) is 4.72. The first-order valence-corrected chi connectivity index (χ1v) is 6.10. The quantitative estimate of drug-likeness (QED) is 0.581. The van der Waals surface area contributed by atoms with Crippen molar-refractivity contribution in [3.63, 3.8) is 0 Å². The standard InChI is InChI=1S/C11H16F3N5/c1-2-10(4-3-5-10)18-7-6-8(19-15)17-9(16-7)11(12,13)14/h6H,2-5,15H2,1H3,(H2,16,17,18,19). The lowest BCUT2D eigenvalue weighted by atomic mass is 9.75. The molecule has 0 spiro atoms. The lowest BCUT2D eigenvalue weighted by molar-refractivity contribution is -0.144. The average molecular weight is 275 g/mol. The number of hydrazine groups is 1. The highest BCUT2D eigenvalue weighted by molar-refractivity contribution is 5.49. The van der Waals surface area contributed by atoms with Gasteiger partial charge < -0.3 is 10.7 Å². The maximum absolute atomic E-state index is 12.7. The highest BCUT2D eigenvalue weighted by Gasteiger charge is 2.38. The summed E-state index contributed by atoms with van der Waals surface area (Å²) in [5, 5.41) is 3.08. The Morgan fingerprint density at radius 1 is 1.32 bits per heavy atom. The van der Waals surface area contributed by atoms with Gasteiger partial charge in [-0.1, -0.05) is 6.92 Å². The van der Waals surface area contributed by atoms with Gasteiger partial charge in [-0.05, 0) is 25.7 Å². The molecule has 0 amide bonds. The maximum atomic E-state index is 12.7. The van der Waals surface area contributed by atoms with Crippen molar-refractivity contribution in [3.8, 4) is 0 Å². The molecule has 106 valence electrons. The number of nitrogen functional groups attached to an aromatic ring is 1. The minimum Gasteiger partial charge on any atom is -0.364 e. The zero-order valence-electron chi connectivity index (χ0n) is 10.5. The number of aromatic nitrogens is 2. The number of halogens is 3. The number of nitrogens with zero attached hydrogens (tertiary/aromatic N) is 2. The lowest BCUT2D eigenvalue weighted by Gasteiger charge is -2.42. The second kappa shape index (κ2) is 4.84. The third-order valence-electron chi connectivity index (χ3n) is 3.51. The van der Waals surface area contributed by atoms with Gasteiger partial charge in [0.05, 0.1) is 0 Å². The Hall–Kier alpha value is -1.57. The van der Waals surface area contributed by atoms with Crippen LogP contribution in [0.1, 0.15) is 38.4 Å². The van der Waals surface area contributed by atoms with Gasteiger partial charge in [-0.25, -0.2) is 15.8 Å². The summed E-state index contributed by atoms with van der Waals surface area (Å²) in [7, 11) is 0. The number of nitrogens with one attached hydrogen (secondary N) is 2. The van der Waals surface area contributed by atoms with Gasteiger partial charge in [0, 0.05) is 11.6 Å². The van der Waals surface area contributed by atoms with Gasteiger partial charge >= 0.3 is 6.18 Å². The first-order valence-electron chi connectivity index (χ1n) is 6.10. The molecule has 1 aromatic heterocycles. The summed E-state index contributed by atoms with van der Waals surface area (Å²) in [4.78, 5) is 6.84. The van der Waals surface area contributed by atoms with Crippen LogP contribution in [0.2, 0.25) is 0 Å². The van der Waals surface area contributed by atoms with Crippen molar-refractivity contribution in [1.29, 1.82) is 0 Å². The molecule has 1 aliphatic carbocycles.